The summed E-state index contributed by atoms with van der Waals surface area (Å²) in [5.41, 5.74) is 1.47. The van der Waals surface area contributed by atoms with E-state index < -0.39 is 11.1 Å². The van der Waals surface area contributed by atoms with Crippen LogP contribution in [0.15, 0.2) is 68.8 Å². The molecule has 4 aromatic rings. The summed E-state index contributed by atoms with van der Waals surface area (Å²) in [6.07, 6.45) is 2.00. The van der Waals surface area contributed by atoms with Gasteiger partial charge >= 0.3 is 0 Å². The molecule has 0 radical (unpaired) electrons. The van der Waals surface area contributed by atoms with Gasteiger partial charge in [0.05, 0.1) is 24.9 Å². The van der Waals surface area contributed by atoms with Crippen LogP contribution in [0.25, 0.3) is 10.8 Å². The van der Waals surface area contributed by atoms with E-state index in [-0.39, 0.29) is 5.39 Å². The van der Waals surface area contributed by atoms with E-state index in [0.29, 0.717) is 29.7 Å². The third-order valence-corrected chi connectivity index (χ3v) is 4.27. The Labute approximate surface area is 148 Å². The van der Waals surface area contributed by atoms with Crippen LogP contribution in [0.3, 0.4) is 0 Å². The molecular weight excluding hydrogens is 330 g/mol. The summed E-state index contributed by atoms with van der Waals surface area (Å²) in [6, 6.07) is 15.0. The highest BCUT2D eigenvalue weighted by atomic mass is 16.3. The maximum Gasteiger partial charge on any atom is 0.280 e. The maximum absolute atomic E-state index is 12.9. The van der Waals surface area contributed by atoms with Crippen LogP contribution in [-0.2, 0) is 13.0 Å². The smallest absolute Gasteiger partial charge is 0.280 e. The standard InChI is InChI=1S/C20H17N3O3/c1-13-10-16-17(11-15-8-5-9-26-15)22-23(12-14-6-3-2-4-7-14)20(25)18(16)19(24)21-13/h2-10H,11-12H2,1H3,(H,21,24). The van der Waals surface area contributed by atoms with E-state index in [4.69, 9.17) is 4.42 Å². The fraction of sp³-hybridized carbons (Fsp3) is 0.150. The molecule has 0 unspecified atom stereocenters. The second-order valence-electron chi connectivity index (χ2n) is 6.22. The third kappa shape index (κ3) is 2.97. The molecular formula is C20H17N3O3. The van der Waals surface area contributed by atoms with Gasteiger partial charge in [-0.15, -0.1) is 0 Å². The van der Waals surface area contributed by atoms with Crippen LogP contribution in [0, 0.1) is 6.92 Å². The second kappa shape index (κ2) is 6.48. The highest BCUT2D eigenvalue weighted by Crippen LogP contribution is 2.16. The van der Waals surface area contributed by atoms with E-state index in [1.807, 2.05) is 36.4 Å². The van der Waals surface area contributed by atoms with Gasteiger partial charge in [-0.25, -0.2) is 4.68 Å². The van der Waals surface area contributed by atoms with Crippen LogP contribution in [0.1, 0.15) is 22.7 Å². The van der Waals surface area contributed by atoms with Crippen molar-refractivity contribution in [1.29, 1.82) is 0 Å². The number of aromatic amines is 1. The van der Waals surface area contributed by atoms with Crippen LogP contribution < -0.4 is 11.1 Å². The van der Waals surface area contributed by atoms with E-state index >= 15 is 0 Å². The number of furan rings is 1. The van der Waals surface area contributed by atoms with Gasteiger partial charge in [0.25, 0.3) is 11.1 Å². The number of pyridine rings is 1. The van der Waals surface area contributed by atoms with Gasteiger partial charge in [-0.2, -0.15) is 5.10 Å². The van der Waals surface area contributed by atoms with Crippen molar-refractivity contribution in [3.05, 3.63) is 98.2 Å². The van der Waals surface area contributed by atoms with Crippen LogP contribution in [-0.4, -0.2) is 14.8 Å². The number of fused-ring (bicyclic) bond motifs is 1. The first-order chi connectivity index (χ1) is 12.6. The summed E-state index contributed by atoms with van der Waals surface area (Å²) in [6.45, 7) is 2.08. The molecule has 0 aliphatic heterocycles. The predicted octanol–water partition coefficient (Wildman–Crippen LogP) is 2.63. The molecule has 3 aromatic heterocycles. The summed E-state index contributed by atoms with van der Waals surface area (Å²) in [5.74, 6) is 0.724. The van der Waals surface area contributed by atoms with E-state index in [1.165, 1.54) is 4.68 Å². The number of aromatic nitrogens is 3. The number of hydrogen-bond donors (Lipinski definition) is 1. The van der Waals surface area contributed by atoms with Crippen molar-refractivity contribution >= 4 is 10.8 Å². The lowest BCUT2D eigenvalue weighted by atomic mass is 10.1. The molecule has 130 valence electrons. The summed E-state index contributed by atoms with van der Waals surface area (Å²) in [5, 5.41) is 5.24. The summed E-state index contributed by atoms with van der Waals surface area (Å²) >= 11 is 0. The zero-order chi connectivity index (χ0) is 18.1. The molecule has 6 nitrogen and oxygen atoms in total. The van der Waals surface area contributed by atoms with Gasteiger partial charge in [0.15, 0.2) is 0 Å². The van der Waals surface area contributed by atoms with Gasteiger partial charge in [0.2, 0.25) is 0 Å². The fourth-order valence-corrected chi connectivity index (χ4v) is 3.07. The van der Waals surface area contributed by atoms with Gasteiger partial charge in [-0.05, 0) is 30.7 Å². The summed E-state index contributed by atoms with van der Waals surface area (Å²) in [7, 11) is 0. The molecule has 4 rings (SSSR count). The molecule has 1 N–H and O–H groups in total. The first-order valence-electron chi connectivity index (χ1n) is 8.32. The Hall–Kier alpha value is -3.41. The largest absolute Gasteiger partial charge is 0.469 e. The molecule has 0 atom stereocenters. The van der Waals surface area contributed by atoms with Gasteiger partial charge in [-0.3, -0.25) is 9.59 Å². The minimum atomic E-state index is -0.395. The number of rotatable bonds is 4. The average molecular weight is 347 g/mol. The topological polar surface area (TPSA) is 80.9 Å². The molecule has 26 heavy (non-hydrogen) atoms. The number of benzene rings is 1. The number of aryl methyl sites for hydroxylation is 1. The van der Waals surface area contributed by atoms with Gasteiger partial charge in [-0.1, -0.05) is 30.3 Å². The Bertz CT molecular complexity index is 1170. The van der Waals surface area contributed by atoms with Gasteiger partial charge in [0.1, 0.15) is 11.1 Å². The Morgan fingerprint density at radius 1 is 1.12 bits per heavy atom. The molecule has 0 fully saturated rings. The van der Waals surface area contributed by atoms with Crippen LogP contribution in [0.5, 0.6) is 0 Å². The predicted molar refractivity (Wildman–Crippen MR) is 98.4 cm³/mol. The first kappa shape index (κ1) is 16.1. The molecule has 0 amide bonds. The quantitative estimate of drug-likeness (QED) is 0.615. The van der Waals surface area contributed by atoms with Crippen LogP contribution >= 0.6 is 0 Å². The molecule has 0 aliphatic rings. The Morgan fingerprint density at radius 3 is 2.65 bits per heavy atom. The number of nitrogens with one attached hydrogen (secondary N) is 1. The van der Waals surface area contributed by atoms with E-state index in [2.05, 4.69) is 10.1 Å². The van der Waals surface area contributed by atoms with Gasteiger partial charge < -0.3 is 9.40 Å². The second-order valence-corrected chi connectivity index (χ2v) is 6.22. The molecule has 3 heterocycles. The lowest BCUT2D eigenvalue weighted by molar-refractivity contribution is 0.515. The van der Waals surface area contributed by atoms with E-state index in [0.717, 1.165) is 11.3 Å². The minimum absolute atomic E-state index is 0.128. The van der Waals surface area contributed by atoms with Crippen molar-refractivity contribution in [3.63, 3.8) is 0 Å². The fourth-order valence-electron chi connectivity index (χ4n) is 3.07. The SMILES string of the molecule is Cc1cc2c(Cc3ccco3)nn(Cc3ccccc3)c(=O)c2c(=O)[nH]1. The van der Waals surface area contributed by atoms with Crippen LogP contribution in [0.2, 0.25) is 0 Å². The Balaban J connectivity index is 1.94. The van der Waals surface area contributed by atoms with Crippen molar-refractivity contribution in [3.8, 4) is 0 Å². The third-order valence-electron chi connectivity index (χ3n) is 4.27. The van der Waals surface area contributed by atoms with Crippen molar-refractivity contribution in [2.24, 2.45) is 0 Å². The lowest BCUT2D eigenvalue weighted by Gasteiger charge is -2.11. The molecule has 0 bridgehead atoms. The molecule has 0 spiro atoms. The molecule has 6 heteroatoms. The van der Waals surface area contributed by atoms with Crippen molar-refractivity contribution < 1.29 is 4.42 Å². The van der Waals surface area contributed by atoms with Crippen molar-refractivity contribution in [2.75, 3.05) is 0 Å². The van der Waals surface area contributed by atoms with E-state index in [9.17, 15) is 9.59 Å². The zero-order valence-electron chi connectivity index (χ0n) is 14.2. The molecule has 1 aromatic carbocycles. The molecule has 0 aliphatic carbocycles. The summed E-state index contributed by atoms with van der Waals surface area (Å²) < 4.78 is 6.77. The zero-order valence-corrected chi connectivity index (χ0v) is 14.2. The lowest BCUT2D eigenvalue weighted by Crippen LogP contribution is -2.30. The highest BCUT2D eigenvalue weighted by Gasteiger charge is 2.16. The van der Waals surface area contributed by atoms with Crippen molar-refractivity contribution in [1.82, 2.24) is 14.8 Å². The maximum atomic E-state index is 12.9. The Morgan fingerprint density at radius 2 is 1.92 bits per heavy atom. The normalized spacial score (nSPS) is 11.1. The highest BCUT2D eigenvalue weighted by molar-refractivity contribution is 5.83. The van der Waals surface area contributed by atoms with Crippen molar-refractivity contribution in [2.45, 2.75) is 19.9 Å². The number of hydrogen-bond acceptors (Lipinski definition) is 4. The summed E-state index contributed by atoms with van der Waals surface area (Å²) in [4.78, 5) is 28.0. The number of H-pyrrole nitrogens is 1. The van der Waals surface area contributed by atoms with Gasteiger partial charge in [0, 0.05) is 11.1 Å². The molecule has 0 saturated carbocycles. The van der Waals surface area contributed by atoms with Crippen LogP contribution in [0.4, 0.5) is 0 Å². The minimum Gasteiger partial charge on any atom is -0.469 e. The monoisotopic (exact) mass is 347 g/mol. The Kier molecular flexibility index (Phi) is 4.01. The first-order valence-corrected chi connectivity index (χ1v) is 8.32. The van der Waals surface area contributed by atoms with E-state index in [1.54, 1.807) is 25.3 Å². The number of nitrogens with zero attached hydrogens (tertiary/aromatic N) is 2. The molecule has 0 saturated heterocycles. The average Bonchev–Trinajstić information content (AvgIpc) is 3.12.